The molecule has 2 aliphatic carbocycles. The van der Waals surface area contributed by atoms with Crippen molar-refractivity contribution in [2.24, 2.45) is 5.41 Å². The molecule has 1 atom stereocenters. The fourth-order valence-electron chi connectivity index (χ4n) is 4.10. The Hall–Kier alpha value is -1.31. The van der Waals surface area contributed by atoms with Crippen molar-refractivity contribution in [3.05, 3.63) is 35.4 Å². The smallest absolute Gasteiger partial charge is 0.309 e. The number of carbonyl (C=O) groups is 1. The van der Waals surface area contributed by atoms with Gasteiger partial charge in [0, 0.05) is 0 Å². The number of hydrogen-bond donors (Lipinski definition) is 1. The SMILES string of the molecule is O=C(O)C1(CC2Cc3ccccc32)CCCCCCC1. The minimum absolute atomic E-state index is 0.460. The molecule has 1 unspecified atom stereocenters. The topological polar surface area (TPSA) is 37.3 Å². The van der Waals surface area contributed by atoms with E-state index in [1.807, 2.05) is 0 Å². The summed E-state index contributed by atoms with van der Waals surface area (Å²) in [6.07, 6.45) is 9.53. The van der Waals surface area contributed by atoms with Crippen LogP contribution < -0.4 is 0 Å². The molecule has 1 aromatic carbocycles. The number of carboxylic acids is 1. The second-order valence-electron chi connectivity index (χ2n) is 6.66. The number of benzene rings is 1. The van der Waals surface area contributed by atoms with Crippen molar-refractivity contribution >= 4 is 5.97 Å². The molecule has 2 aliphatic rings. The zero-order valence-electron chi connectivity index (χ0n) is 12.1. The Morgan fingerprint density at radius 3 is 2.40 bits per heavy atom. The molecule has 20 heavy (non-hydrogen) atoms. The fraction of sp³-hybridized carbons (Fsp3) is 0.611. The molecule has 0 aliphatic heterocycles. The lowest BCUT2D eigenvalue weighted by molar-refractivity contribution is -0.151. The normalized spacial score (nSPS) is 24.9. The van der Waals surface area contributed by atoms with Gasteiger partial charge in [0.05, 0.1) is 5.41 Å². The molecule has 108 valence electrons. The van der Waals surface area contributed by atoms with Crippen molar-refractivity contribution in [3.63, 3.8) is 0 Å². The minimum atomic E-state index is -0.552. The molecular formula is C18H24O2. The monoisotopic (exact) mass is 272 g/mol. The van der Waals surface area contributed by atoms with Gasteiger partial charge in [0.2, 0.25) is 0 Å². The van der Waals surface area contributed by atoms with E-state index >= 15 is 0 Å². The summed E-state index contributed by atoms with van der Waals surface area (Å²) in [4.78, 5) is 11.9. The highest BCUT2D eigenvalue weighted by molar-refractivity contribution is 5.75. The van der Waals surface area contributed by atoms with Crippen molar-refractivity contribution in [2.75, 3.05) is 0 Å². The molecular weight excluding hydrogens is 248 g/mol. The van der Waals surface area contributed by atoms with E-state index in [2.05, 4.69) is 24.3 Å². The average molecular weight is 272 g/mol. The summed E-state index contributed by atoms with van der Waals surface area (Å²) in [5.74, 6) is -0.0782. The molecule has 0 aromatic heterocycles. The number of rotatable bonds is 3. The molecule has 0 amide bonds. The number of hydrogen-bond acceptors (Lipinski definition) is 1. The van der Waals surface area contributed by atoms with Gasteiger partial charge in [0.1, 0.15) is 0 Å². The highest BCUT2D eigenvalue weighted by Crippen LogP contribution is 2.47. The molecule has 3 rings (SSSR count). The number of aliphatic carboxylic acids is 1. The van der Waals surface area contributed by atoms with Gasteiger partial charge in [-0.25, -0.2) is 0 Å². The quantitative estimate of drug-likeness (QED) is 0.877. The van der Waals surface area contributed by atoms with Crippen LogP contribution in [-0.2, 0) is 11.2 Å². The van der Waals surface area contributed by atoms with Crippen molar-refractivity contribution in [3.8, 4) is 0 Å². The lowest BCUT2D eigenvalue weighted by Gasteiger charge is -2.39. The summed E-state index contributed by atoms with van der Waals surface area (Å²) in [5, 5.41) is 9.82. The first-order chi connectivity index (χ1) is 9.71. The molecule has 1 fully saturated rings. The summed E-state index contributed by atoms with van der Waals surface area (Å²) in [6, 6.07) is 8.52. The maximum atomic E-state index is 11.9. The summed E-state index contributed by atoms with van der Waals surface area (Å²) in [5.41, 5.74) is 2.36. The van der Waals surface area contributed by atoms with Crippen LogP contribution in [0, 0.1) is 5.41 Å². The summed E-state index contributed by atoms with van der Waals surface area (Å²) >= 11 is 0. The zero-order valence-corrected chi connectivity index (χ0v) is 12.1. The van der Waals surface area contributed by atoms with E-state index in [1.165, 1.54) is 30.4 Å². The third-order valence-electron chi connectivity index (χ3n) is 5.36. The Bertz CT molecular complexity index is 484. The Morgan fingerprint density at radius 2 is 1.75 bits per heavy atom. The van der Waals surface area contributed by atoms with Crippen LogP contribution in [0.4, 0.5) is 0 Å². The third kappa shape index (κ3) is 2.48. The molecule has 0 bridgehead atoms. The van der Waals surface area contributed by atoms with Crippen molar-refractivity contribution < 1.29 is 9.90 Å². The molecule has 2 heteroatoms. The summed E-state index contributed by atoms with van der Waals surface area (Å²) < 4.78 is 0. The van der Waals surface area contributed by atoms with E-state index in [-0.39, 0.29) is 0 Å². The van der Waals surface area contributed by atoms with Gasteiger partial charge in [0.15, 0.2) is 0 Å². The lowest BCUT2D eigenvalue weighted by atomic mass is 9.64. The first kappa shape index (κ1) is 13.7. The van der Waals surface area contributed by atoms with E-state index in [0.29, 0.717) is 5.92 Å². The van der Waals surface area contributed by atoms with Gasteiger partial charge in [0.25, 0.3) is 0 Å². The molecule has 2 nitrogen and oxygen atoms in total. The van der Waals surface area contributed by atoms with Crippen LogP contribution in [-0.4, -0.2) is 11.1 Å². The first-order valence-electron chi connectivity index (χ1n) is 8.02. The van der Waals surface area contributed by atoms with Gasteiger partial charge >= 0.3 is 5.97 Å². The van der Waals surface area contributed by atoms with Crippen molar-refractivity contribution in [2.45, 2.75) is 63.7 Å². The molecule has 0 spiro atoms. The van der Waals surface area contributed by atoms with E-state index in [0.717, 1.165) is 38.5 Å². The van der Waals surface area contributed by atoms with Gasteiger partial charge in [-0.3, -0.25) is 4.79 Å². The molecule has 1 saturated carbocycles. The first-order valence-corrected chi connectivity index (χ1v) is 8.02. The van der Waals surface area contributed by atoms with Crippen LogP contribution in [0.3, 0.4) is 0 Å². The Morgan fingerprint density at radius 1 is 1.10 bits per heavy atom. The van der Waals surface area contributed by atoms with Crippen LogP contribution in [0.25, 0.3) is 0 Å². The highest BCUT2D eigenvalue weighted by Gasteiger charge is 2.42. The molecule has 0 saturated heterocycles. The summed E-state index contributed by atoms with van der Waals surface area (Å²) in [7, 11) is 0. The van der Waals surface area contributed by atoms with Gasteiger partial charge in [-0.2, -0.15) is 0 Å². The van der Waals surface area contributed by atoms with E-state index in [9.17, 15) is 9.90 Å². The van der Waals surface area contributed by atoms with E-state index < -0.39 is 11.4 Å². The Kier molecular flexibility index (Phi) is 3.82. The van der Waals surface area contributed by atoms with Crippen LogP contribution in [0.2, 0.25) is 0 Å². The maximum Gasteiger partial charge on any atom is 0.309 e. The molecule has 0 heterocycles. The lowest BCUT2D eigenvalue weighted by Crippen LogP contribution is -2.36. The van der Waals surface area contributed by atoms with E-state index in [4.69, 9.17) is 0 Å². The second kappa shape index (κ2) is 5.59. The molecule has 0 radical (unpaired) electrons. The number of carboxylic acid groups (broad SMARTS) is 1. The fourth-order valence-corrected chi connectivity index (χ4v) is 4.10. The third-order valence-corrected chi connectivity index (χ3v) is 5.36. The van der Waals surface area contributed by atoms with E-state index in [1.54, 1.807) is 0 Å². The van der Waals surface area contributed by atoms with Crippen LogP contribution in [0.15, 0.2) is 24.3 Å². The zero-order chi connectivity index (χ0) is 14.0. The summed E-state index contributed by atoms with van der Waals surface area (Å²) in [6.45, 7) is 0. The van der Waals surface area contributed by atoms with Crippen molar-refractivity contribution in [1.82, 2.24) is 0 Å². The Balaban J connectivity index is 1.76. The van der Waals surface area contributed by atoms with Crippen LogP contribution >= 0.6 is 0 Å². The minimum Gasteiger partial charge on any atom is -0.481 e. The van der Waals surface area contributed by atoms with Gasteiger partial charge in [-0.15, -0.1) is 0 Å². The largest absolute Gasteiger partial charge is 0.481 e. The van der Waals surface area contributed by atoms with Crippen LogP contribution in [0.1, 0.15) is 68.4 Å². The molecule has 1 aromatic rings. The van der Waals surface area contributed by atoms with Gasteiger partial charge in [-0.1, -0.05) is 56.4 Å². The maximum absolute atomic E-state index is 11.9. The van der Waals surface area contributed by atoms with Gasteiger partial charge < -0.3 is 5.11 Å². The predicted molar refractivity (Wildman–Crippen MR) is 79.9 cm³/mol. The average Bonchev–Trinajstić information content (AvgIpc) is 2.38. The number of fused-ring (bicyclic) bond motifs is 1. The van der Waals surface area contributed by atoms with Gasteiger partial charge in [-0.05, 0) is 42.7 Å². The Labute approximate surface area is 121 Å². The van der Waals surface area contributed by atoms with Crippen LogP contribution in [0.5, 0.6) is 0 Å². The van der Waals surface area contributed by atoms with Crippen molar-refractivity contribution in [1.29, 1.82) is 0 Å². The standard InChI is InChI=1S/C18H24O2/c19-17(20)18(10-6-2-1-3-7-11-18)13-15-12-14-8-4-5-9-16(14)15/h4-5,8-9,15H,1-3,6-7,10-13H2,(H,19,20). The predicted octanol–water partition coefficient (Wildman–Crippen LogP) is 4.53. The second-order valence-corrected chi connectivity index (χ2v) is 6.66. The molecule has 1 N–H and O–H groups in total. The highest BCUT2D eigenvalue weighted by atomic mass is 16.4.